The Bertz CT molecular complexity index is 511. The second kappa shape index (κ2) is 4.77. The number of alkyl halides is 3. The summed E-state index contributed by atoms with van der Waals surface area (Å²) in [7, 11) is 0. The lowest BCUT2D eigenvalue weighted by molar-refractivity contribution is -0.128. The number of hydrogen-bond donors (Lipinski definition) is 1. The van der Waals surface area contributed by atoms with Gasteiger partial charge in [-0.3, -0.25) is 0 Å². The van der Waals surface area contributed by atoms with Crippen LogP contribution in [0.3, 0.4) is 0 Å². The van der Waals surface area contributed by atoms with Crippen LogP contribution in [0, 0.1) is 0 Å². The van der Waals surface area contributed by atoms with Crippen molar-refractivity contribution in [1.82, 2.24) is 10.1 Å². The molecule has 0 fully saturated rings. The van der Waals surface area contributed by atoms with Crippen LogP contribution < -0.4 is 0 Å². The quantitative estimate of drug-likeness (QED) is 0.917. The SMILES string of the molecule is OC(c1ccccc1)c1nc(CC(F)(F)F)no1. The molecule has 1 heterocycles. The minimum absolute atomic E-state index is 0.250. The summed E-state index contributed by atoms with van der Waals surface area (Å²) in [5, 5.41) is 13.0. The Morgan fingerprint density at radius 1 is 1.22 bits per heavy atom. The van der Waals surface area contributed by atoms with E-state index < -0.39 is 24.5 Å². The van der Waals surface area contributed by atoms with Crippen molar-refractivity contribution in [3.05, 3.63) is 47.6 Å². The second-order valence-corrected chi connectivity index (χ2v) is 3.65. The number of rotatable bonds is 3. The van der Waals surface area contributed by atoms with Crippen LogP contribution in [0.25, 0.3) is 0 Å². The van der Waals surface area contributed by atoms with Gasteiger partial charge < -0.3 is 9.63 Å². The minimum Gasteiger partial charge on any atom is -0.378 e. The topological polar surface area (TPSA) is 59.2 Å². The van der Waals surface area contributed by atoms with Crippen LogP contribution in [0.5, 0.6) is 0 Å². The van der Waals surface area contributed by atoms with Crippen molar-refractivity contribution >= 4 is 0 Å². The molecule has 0 amide bonds. The monoisotopic (exact) mass is 258 g/mol. The molecule has 96 valence electrons. The zero-order chi connectivity index (χ0) is 13.2. The zero-order valence-electron chi connectivity index (χ0n) is 9.05. The maximum atomic E-state index is 12.1. The van der Waals surface area contributed by atoms with E-state index in [1.54, 1.807) is 30.3 Å². The summed E-state index contributed by atoms with van der Waals surface area (Å²) in [6.07, 6.45) is -6.91. The van der Waals surface area contributed by atoms with Crippen molar-refractivity contribution in [2.24, 2.45) is 0 Å². The molecule has 0 saturated heterocycles. The first-order valence-corrected chi connectivity index (χ1v) is 5.08. The molecule has 2 rings (SSSR count). The molecule has 0 aliphatic rings. The summed E-state index contributed by atoms with van der Waals surface area (Å²) >= 11 is 0. The van der Waals surface area contributed by atoms with Crippen molar-refractivity contribution in [1.29, 1.82) is 0 Å². The largest absolute Gasteiger partial charge is 0.396 e. The highest BCUT2D eigenvalue weighted by molar-refractivity contribution is 5.21. The molecule has 0 radical (unpaired) electrons. The van der Waals surface area contributed by atoms with Gasteiger partial charge in [-0.15, -0.1) is 0 Å². The summed E-state index contributed by atoms with van der Waals surface area (Å²) in [5.74, 6) is -0.743. The van der Waals surface area contributed by atoms with Gasteiger partial charge >= 0.3 is 6.18 Å². The first-order valence-electron chi connectivity index (χ1n) is 5.08. The maximum absolute atomic E-state index is 12.1. The van der Waals surface area contributed by atoms with Crippen molar-refractivity contribution in [3.8, 4) is 0 Å². The van der Waals surface area contributed by atoms with Crippen LogP contribution >= 0.6 is 0 Å². The van der Waals surface area contributed by atoms with E-state index in [1.807, 2.05) is 0 Å². The van der Waals surface area contributed by atoms with Crippen molar-refractivity contribution in [3.63, 3.8) is 0 Å². The van der Waals surface area contributed by atoms with Crippen molar-refractivity contribution < 1.29 is 22.8 Å². The van der Waals surface area contributed by atoms with Gasteiger partial charge in [0.2, 0.25) is 0 Å². The molecule has 0 aliphatic carbocycles. The van der Waals surface area contributed by atoms with Crippen molar-refractivity contribution in [2.75, 3.05) is 0 Å². The molecule has 7 heteroatoms. The minimum atomic E-state index is -4.40. The molecule has 18 heavy (non-hydrogen) atoms. The van der Waals surface area contributed by atoms with Gasteiger partial charge in [-0.2, -0.15) is 18.2 Å². The summed E-state index contributed by atoms with van der Waals surface area (Å²) < 4.78 is 40.9. The van der Waals surface area contributed by atoms with E-state index in [1.165, 1.54) is 0 Å². The zero-order valence-corrected chi connectivity index (χ0v) is 9.05. The molecular formula is C11H9F3N2O2. The van der Waals surface area contributed by atoms with Crippen molar-refractivity contribution in [2.45, 2.75) is 18.7 Å². The van der Waals surface area contributed by atoms with Gasteiger partial charge in [0.25, 0.3) is 5.89 Å². The van der Waals surface area contributed by atoms with E-state index in [0.29, 0.717) is 5.56 Å². The van der Waals surface area contributed by atoms with Crippen LogP contribution in [0.2, 0.25) is 0 Å². The molecule has 0 aliphatic heterocycles. The smallest absolute Gasteiger partial charge is 0.378 e. The molecular weight excluding hydrogens is 249 g/mol. The average Bonchev–Trinajstić information content (AvgIpc) is 2.75. The van der Waals surface area contributed by atoms with E-state index in [0.717, 1.165) is 0 Å². The summed E-state index contributed by atoms with van der Waals surface area (Å²) in [4.78, 5) is 3.52. The number of aliphatic hydroxyl groups excluding tert-OH is 1. The Hall–Kier alpha value is -1.89. The van der Waals surface area contributed by atoms with Gasteiger partial charge in [-0.1, -0.05) is 35.5 Å². The van der Waals surface area contributed by atoms with Crippen LogP contribution in [-0.4, -0.2) is 21.4 Å². The Morgan fingerprint density at radius 3 is 2.50 bits per heavy atom. The Kier molecular flexibility index (Phi) is 3.33. The van der Waals surface area contributed by atoms with E-state index in [9.17, 15) is 18.3 Å². The third kappa shape index (κ3) is 3.07. The lowest BCUT2D eigenvalue weighted by atomic mass is 10.1. The van der Waals surface area contributed by atoms with E-state index in [4.69, 9.17) is 0 Å². The highest BCUT2D eigenvalue weighted by Crippen LogP contribution is 2.23. The fraction of sp³-hybridized carbons (Fsp3) is 0.273. The lowest BCUT2D eigenvalue weighted by Crippen LogP contribution is -2.12. The normalized spacial score (nSPS) is 13.6. The summed E-state index contributed by atoms with van der Waals surface area (Å²) in [5.41, 5.74) is 0.472. The third-order valence-electron chi connectivity index (χ3n) is 2.19. The van der Waals surface area contributed by atoms with Gasteiger partial charge in [-0.25, -0.2) is 0 Å². The van der Waals surface area contributed by atoms with Crippen LogP contribution in [0.4, 0.5) is 13.2 Å². The van der Waals surface area contributed by atoms with Gasteiger partial charge in [0.1, 0.15) is 6.42 Å². The molecule has 1 aromatic heterocycles. The molecule has 2 aromatic rings. The number of nitrogens with zero attached hydrogens (tertiary/aromatic N) is 2. The van der Waals surface area contributed by atoms with E-state index in [-0.39, 0.29) is 5.89 Å². The molecule has 0 saturated carbocycles. The van der Waals surface area contributed by atoms with Crippen LogP contribution in [0.15, 0.2) is 34.9 Å². The van der Waals surface area contributed by atoms with E-state index >= 15 is 0 Å². The standard InChI is InChI=1S/C11H9F3N2O2/c12-11(13,14)6-8-15-10(18-16-8)9(17)7-4-2-1-3-5-7/h1-5,9,17H,6H2. The summed E-state index contributed by atoms with van der Waals surface area (Å²) in [6.45, 7) is 0. The average molecular weight is 258 g/mol. The Morgan fingerprint density at radius 2 is 1.89 bits per heavy atom. The lowest BCUT2D eigenvalue weighted by Gasteiger charge is -2.04. The van der Waals surface area contributed by atoms with Gasteiger partial charge in [0, 0.05) is 0 Å². The molecule has 4 nitrogen and oxygen atoms in total. The molecule has 1 aromatic carbocycles. The highest BCUT2D eigenvalue weighted by atomic mass is 19.4. The number of benzene rings is 1. The van der Waals surface area contributed by atoms with Gasteiger partial charge in [-0.05, 0) is 5.56 Å². The predicted molar refractivity (Wildman–Crippen MR) is 54.6 cm³/mol. The van der Waals surface area contributed by atoms with E-state index in [2.05, 4.69) is 14.7 Å². The van der Waals surface area contributed by atoms with Crippen LogP contribution in [0.1, 0.15) is 23.4 Å². The number of aromatic nitrogens is 2. The fourth-order valence-electron chi connectivity index (χ4n) is 1.41. The predicted octanol–water partition coefficient (Wildman–Crippen LogP) is 2.26. The first kappa shape index (κ1) is 12.6. The number of aliphatic hydroxyl groups is 1. The molecule has 0 spiro atoms. The van der Waals surface area contributed by atoms with Gasteiger partial charge in [0.05, 0.1) is 0 Å². The molecule has 1 unspecified atom stereocenters. The van der Waals surface area contributed by atoms with Gasteiger partial charge in [0.15, 0.2) is 11.9 Å². The molecule has 1 N–H and O–H groups in total. The number of hydrogen-bond acceptors (Lipinski definition) is 4. The number of halogens is 3. The Labute approximate surface area is 100 Å². The summed E-state index contributed by atoms with van der Waals surface area (Å²) in [6, 6.07) is 8.34. The third-order valence-corrected chi connectivity index (χ3v) is 2.19. The van der Waals surface area contributed by atoms with Crippen LogP contribution in [-0.2, 0) is 6.42 Å². The Balaban J connectivity index is 2.15. The highest BCUT2D eigenvalue weighted by Gasteiger charge is 2.31. The fourth-order valence-corrected chi connectivity index (χ4v) is 1.41. The molecule has 0 bridgehead atoms. The molecule has 1 atom stereocenters. The second-order valence-electron chi connectivity index (χ2n) is 3.65. The maximum Gasteiger partial charge on any atom is 0.396 e. The first-order chi connectivity index (χ1) is 8.46.